The molecule has 1 N–H and O–H groups in total. The van der Waals surface area contributed by atoms with E-state index in [1.807, 2.05) is 13.0 Å². The molecular weight excluding hydrogens is 244 g/mol. The SMILES string of the molecule is Cc1cc2nc(C(=O)O)cc(-c3cccnc3)n2n1. The molecule has 3 aromatic rings. The summed E-state index contributed by atoms with van der Waals surface area (Å²) in [5.74, 6) is -1.06. The van der Waals surface area contributed by atoms with E-state index in [-0.39, 0.29) is 5.69 Å². The van der Waals surface area contributed by atoms with Gasteiger partial charge >= 0.3 is 5.97 Å². The first-order valence-electron chi connectivity index (χ1n) is 5.66. The molecule has 0 spiro atoms. The molecule has 94 valence electrons. The van der Waals surface area contributed by atoms with Crippen LogP contribution in [0.3, 0.4) is 0 Å². The molecule has 0 aliphatic heterocycles. The number of aromatic carboxylic acids is 1. The minimum atomic E-state index is -1.06. The standard InChI is InChI=1S/C13H10N4O2/c1-8-5-12-15-10(13(18)19)6-11(17(12)16-8)9-3-2-4-14-7-9/h2-7H,1H3,(H,18,19). The summed E-state index contributed by atoms with van der Waals surface area (Å²) in [6.07, 6.45) is 3.33. The van der Waals surface area contributed by atoms with Gasteiger partial charge in [-0.1, -0.05) is 0 Å². The lowest BCUT2D eigenvalue weighted by atomic mass is 10.2. The molecule has 0 unspecified atom stereocenters. The Balaban J connectivity index is 2.35. The van der Waals surface area contributed by atoms with Gasteiger partial charge in [0, 0.05) is 24.0 Å². The quantitative estimate of drug-likeness (QED) is 0.754. The second-order valence-electron chi connectivity index (χ2n) is 4.13. The van der Waals surface area contributed by atoms with E-state index in [0.29, 0.717) is 11.3 Å². The summed E-state index contributed by atoms with van der Waals surface area (Å²) in [7, 11) is 0. The first kappa shape index (κ1) is 11.3. The van der Waals surface area contributed by atoms with E-state index in [1.165, 1.54) is 6.07 Å². The van der Waals surface area contributed by atoms with E-state index >= 15 is 0 Å². The van der Waals surface area contributed by atoms with Gasteiger partial charge in [0.05, 0.1) is 11.4 Å². The van der Waals surface area contributed by atoms with Crippen LogP contribution in [-0.4, -0.2) is 30.7 Å². The minimum Gasteiger partial charge on any atom is -0.477 e. The average molecular weight is 254 g/mol. The average Bonchev–Trinajstić information content (AvgIpc) is 2.78. The van der Waals surface area contributed by atoms with Crippen molar-refractivity contribution in [3.05, 3.63) is 48.0 Å². The van der Waals surface area contributed by atoms with Crippen LogP contribution in [0.1, 0.15) is 16.2 Å². The Labute approximate surface area is 108 Å². The lowest BCUT2D eigenvalue weighted by Gasteiger charge is -2.05. The van der Waals surface area contributed by atoms with Gasteiger partial charge in [-0.25, -0.2) is 14.3 Å². The summed E-state index contributed by atoms with van der Waals surface area (Å²) in [6, 6.07) is 6.88. The van der Waals surface area contributed by atoms with Crippen molar-refractivity contribution in [1.82, 2.24) is 19.6 Å². The zero-order valence-electron chi connectivity index (χ0n) is 10.1. The molecule has 3 heterocycles. The Morgan fingerprint density at radius 1 is 1.37 bits per heavy atom. The number of carboxylic acids is 1. The van der Waals surface area contributed by atoms with E-state index in [4.69, 9.17) is 5.11 Å². The van der Waals surface area contributed by atoms with Crippen molar-refractivity contribution < 1.29 is 9.90 Å². The highest BCUT2D eigenvalue weighted by molar-refractivity contribution is 5.87. The summed E-state index contributed by atoms with van der Waals surface area (Å²) in [5.41, 5.74) is 2.73. The number of rotatable bonds is 2. The highest BCUT2D eigenvalue weighted by Crippen LogP contribution is 2.20. The van der Waals surface area contributed by atoms with E-state index in [1.54, 1.807) is 29.0 Å². The van der Waals surface area contributed by atoms with Gasteiger partial charge in [-0.05, 0) is 25.1 Å². The third-order valence-electron chi connectivity index (χ3n) is 2.73. The molecule has 3 rings (SSSR count). The zero-order valence-corrected chi connectivity index (χ0v) is 10.1. The van der Waals surface area contributed by atoms with E-state index in [9.17, 15) is 4.79 Å². The Bertz CT molecular complexity index is 765. The molecule has 6 nitrogen and oxygen atoms in total. The third kappa shape index (κ3) is 1.93. The number of nitrogens with zero attached hydrogens (tertiary/aromatic N) is 4. The van der Waals surface area contributed by atoms with Crippen molar-refractivity contribution >= 4 is 11.6 Å². The second kappa shape index (κ2) is 4.16. The van der Waals surface area contributed by atoms with Gasteiger partial charge in [0.25, 0.3) is 0 Å². The molecule has 6 heteroatoms. The van der Waals surface area contributed by atoms with Gasteiger partial charge < -0.3 is 5.11 Å². The Kier molecular flexibility index (Phi) is 2.49. The number of hydrogen-bond donors (Lipinski definition) is 1. The van der Waals surface area contributed by atoms with Crippen LogP contribution in [0.15, 0.2) is 36.7 Å². The highest BCUT2D eigenvalue weighted by Gasteiger charge is 2.13. The maximum atomic E-state index is 11.1. The first-order valence-corrected chi connectivity index (χ1v) is 5.66. The largest absolute Gasteiger partial charge is 0.477 e. The van der Waals surface area contributed by atoms with Gasteiger partial charge in [-0.2, -0.15) is 5.10 Å². The van der Waals surface area contributed by atoms with Crippen molar-refractivity contribution in [3.63, 3.8) is 0 Å². The maximum absolute atomic E-state index is 11.1. The van der Waals surface area contributed by atoms with Gasteiger partial charge in [0.1, 0.15) is 0 Å². The van der Waals surface area contributed by atoms with E-state index in [0.717, 1.165) is 11.3 Å². The number of fused-ring (bicyclic) bond motifs is 1. The van der Waals surface area contributed by atoms with Gasteiger partial charge in [0.15, 0.2) is 11.3 Å². The fourth-order valence-corrected chi connectivity index (χ4v) is 1.92. The molecule has 0 aliphatic rings. The van der Waals surface area contributed by atoms with Gasteiger partial charge in [-0.15, -0.1) is 0 Å². The Hall–Kier alpha value is -2.76. The van der Waals surface area contributed by atoms with Crippen molar-refractivity contribution in [2.24, 2.45) is 0 Å². The number of aromatic nitrogens is 4. The Morgan fingerprint density at radius 3 is 2.89 bits per heavy atom. The zero-order chi connectivity index (χ0) is 13.4. The molecule has 3 aromatic heterocycles. The molecule has 0 atom stereocenters. The van der Waals surface area contributed by atoms with Crippen molar-refractivity contribution in [3.8, 4) is 11.3 Å². The molecule has 0 radical (unpaired) electrons. The molecule has 0 aromatic carbocycles. The second-order valence-corrected chi connectivity index (χ2v) is 4.13. The molecule has 0 saturated heterocycles. The third-order valence-corrected chi connectivity index (χ3v) is 2.73. The van der Waals surface area contributed by atoms with Crippen LogP contribution in [0.25, 0.3) is 16.9 Å². The van der Waals surface area contributed by atoms with E-state index < -0.39 is 5.97 Å². The minimum absolute atomic E-state index is 0.00810. The van der Waals surface area contributed by atoms with Crippen molar-refractivity contribution in [1.29, 1.82) is 0 Å². The lowest BCUT2D eigenvalue weighted by Crippen LogP contribution is -2.05. The smallest absolute Gasteiger partial charge is 0.354 e. The molecular formula is C13H10N4O2. The summed E-state index contributed by atoms with van der Waals surface area (Å²) in [4.78, 5) is 19.2. The number of carbonyl (C=O) groups is 1. The molecule has 0 fully saturated rings. The highest BCUT2D eigenvalue weighted by atomic mass is 16.4. The summed E-state index contributed by atoms with van der Waals surface area (Å²) in [5, 5.41) is 13.4. The summed E-state index contributed by atoms with van der Waals surface area (Å²) >= 11 is 0. The summed E-state index contributed by atoms with van der Waals surface area (Å²) in [6.45, 7) is 1.84. The topological polar surface area (TPSA) is 80.4 Å². The van der Waals surface area contributed by atoms with Crippen LogP contribution in [0.2, 0.25) is 0 Å². The van der Waals surface area contributed by atoms with Crippen LogP contribution in [0, 0.1) is 6.92 Å². The van der Waals surface area contributed by atoms with Crippen LogP contribution in [-0.2, 0) is 0 Å². The first-order chi connectivity index (χ1) is 9.15. The fourth-order valence-electron chi connectivity index (χ4n) is 1.92. The molecule has 19 heavy (non-hydrogen) atoms. The Morgan fingerprint density at radius 2 is 2.21 bits per heavy atom. The van der Waals surface area contributed by atoms with Crippen molar-refractivity contribution in [2.45, 2.75) is 6.92 Å². The van der Waals surface area contributed by atoms with Crippen LogP contribution in [0.4, 0.5) is 0 Å². The van der Waals surface area contributed by atoms with Gasteiger partial charge in [0.2, 0.25) is 0 Å². The van der Waals surface area contributed by atoms with Crippen LogP contribution >= 0.6 is 0 Å². The van der Waals surface area contributed by atoms with Crippen LogP contribution < -0.4 is 0 Å². The normalized spacial score (nSPS) is 10.8. The molecule has 0 amide bonds. The van der Waals surface area contributed by atoms with Gasteiger partial charge in [-0.3, -0.25) is 4.98 Å². The number of carboxylic acid groups (broad SMARTS) is 1. The number of pyridine rings is 1. The van der Waals surface area contributed by atoms with Crippen molar-refractivity contribution in [2.75, 3.05) is 0 Å². The monoisotopic (exact) mass is 254 g/mol. The summed E-state index contributed by atoms with van der Waals surface area (Å²) < 4.78 is 1.62. The number of aryl methyl sites for hydroxylation is 1. The molecule has 0 saturated carbocycles. The van der Waals surface area contributed by atoms with E-state index in [2.05, 4.69) is 15.1 Å². The molecule has 0 aliphatic carbocycles. The van der Waals surface area contributed by atoms with Crippen LogP contribution in [0.5, 0.6) is 0 Å². The maximum Gasteiger partial charge on any atom is 0.354 e. The fraction of sp³-hybridized carbons (Fsp3) is 0.0769. The lowest BCUT2D eigenvalue weighted by molar-refractivity contribution is 0.0690. The number of hydrogen-bond acceptors (Lipinski definition) is 4. The predicted molar refractivity (Wildman–Crippen MR) is 67.9 cm³/mol. The molecule has 0 bridgehead atoms. The predicted octanol–water partition coefficient (Wildman–Crippen LogP) is 1.80.